The van der Waals surface area contributed by atoms with Crippen molar-refractivity contribution >= 4 is 10.0 Å². The van der Waals surface area contributed by atoms with Crippen LogP contribution in [0.5, 0.6) is 11.5 Å². The zero-order valence-corrected chi connectivity index (χ0v) is 13.4. The van der Waals surface area contributed by atoms with E-state index in [1.807, 2.05) is 0 Å². The van der Waals surface area contributed by atoms with Gasteiger partial charge in [0.05, 0.1) is 14.2 Å². The first-order valence-electron chi connectivity index (χ1n) is 7.28. The van der Waals surface area contributed by atoms with E-state index in [2.05, 4.69) is 4.72 Å². The van der Waals surface area contributed by atoms with Crippen LogP contribution in [0.4, 0.5) is 0 Å². The summed E-state index contributed by atoms with van der Waals surface area (Å²) in [5.74, 6) is 1.26. The largest absolute Gasteiger partial charge is 0.497 e. The summed E-state index contributed by atoms with van der Waals surface area (Å²) in [5, 5.41) is 0. The molecule has 0 spiro atoms. The molecule has 5 nitrogen and oxygen atoms in total. The second-order valence-corrected chi connectivity index (χ2v) is 7.11. The van der Waals surface area contributed by atoms with Gasteiger partial charge in [-0.05, 0) is 30.9 Å². The highest BCUT2D eigenvalue weighted by atomic mass is 32.2. The Morgan fingerprint density at radius 3 is 2.48 bits per heavy atom. The van der Waals surface area contributed by atoms with E-state index in [0.29, 0.717) is 24.0 Å². The topological polar surface area (TPSA) is 64.6 Å². The molecule has 1 N–H and O–H groups in total. The maximum absolute atomic E-state index is 12.5. The molecule has 1 aromatic rings. The number of hydrogen-bond donors (Lipinski definition) is 1. The summed E-state index contributed by atoms with van der Waals surface area (Å²) in [4.78, 5) is 0.125. The third kappa shape index (κ3) is 4.11. The highest BCUT2D eigenvalue weighted by Crippen LogP contribution is 2.29. The van der Waals surface area contributed by atoms with Gasteiger partial charge < -0.3 is 9.47 Å². The predicted octanol–water partition coefficient (Wildman–Crippen LogP) is 2.56. The van der Waals surface area contributed by atoms with Crippen molar-refractivity contribution in [1.29, 1.82) is 0 Å². The zero-order chi connectivity index (χ0) is 15.3. The van der Waals surface area contributed by atoms with Crippen LogP contribution in [0.2, 0.25) is 0 Å². The molecule has 0 atom stereocenters. The molecule has 6 heteroatoms. The van der Waals surface area contributed by atoms with Crippen LogP contribution in [-0.2, 0) is 10.0 Å². The van der Waals surface area contributed by atoms with Gasteiger partial charge in [-0.15, -0.1) is 0 Å². The molecule has 1 fully saturated rings. The van der Waals surface area contributed by atoms with Crippen molar-refractivity contribution in [3.63, 3.8) is 0 Å². The van der Waals surface area contributed by atoms with E-state index in [4.69, 9.17) is 9.47 Å². The molecule has 21 heavy (non-hydrogen) atoms. The van der Waals surface area contributed by atoms with E-state index < -0.39 is 10.0 Å². The second-order valence-electron chi connectivity index (χ2n) is 5.37. The molecule has 0 aliphatic heterocycles. The van der Waals surface area contributed by atoms with Crippen LogP contribution in [-0.4, -0.2) is 29.2 Å². The van der Waals surface area contributed by atoms with E-state index >= 15 is 0 Å². The number of benzene rings is 1. The van der Waals surface area contributed by atoms with Gasteiger partial charge in [-0.3, -0.25) is 0 Å². The molecule has 0 radical (unpaired) electrons. The molecule has 0 aromatic heterocycles. The molecular formula is C15H23NO4S. The molecule has 2 rings (SSSR count). The van der Waals surface area contributed by atoms with Crippen LogP contribution >= 0.6 is 0 Å². The Balaban J connectivity index is 2.14. The first kappa shape index (κ1) is 16.1. The van der Waals surface area contributed by atoms with Crippen molar-refractivity contribution in [2.75, 3.05) is 20.8 Å². The fourth-order valence-electron chi connectivity index (χ4n) is 2.69. The smallest absolute Gasteiger partial charge is 0.244 e. The molecule has 1 saturated carbocycles. The lowest BCUT2D eigenvalue weighted by atomic mass is 9.90. The van der Waals surface area contributed by atoms with E-state index in [1.165, 1.54) is 39.5 Å². The highest BCUT2D eigenvalue weighted by molar-refractivity contribution is 7.89. The molecule has 0 bridgehead atoms. The Labute approximate surface area is 126 Å². The van der Waals surface area contributed by atoms with Crippen molar-refractivity contribution in [3.05, 3.63) is 18.2 Å². The minimum absolute atomic E-state index is 0.125. The van der Waals surface area contributed by atoms with Crippen molar-refractivity contribution in [2.45, 2.75) is 37.0 Å². The monoisotopic (exact) mass is 313 g/mol. The Kier molecular flexibility index (Phi) is 5.47. The summed E-state index contributed by atoms with van der Waals surface area (Å²) in [5.41, 5.74) is 0. The molecule has 1 aliphatic carbocycles. The summed E-state index contributed by atoms with van der Waals surface area (Å²) < 4.78 is 37.9. The number of rotatable bonds is 6. The Morgan fingerprint density at radius 1 is 1.14 bits per heavy atom. The average Bonchev–Trinajstić information content (AvgIpc) is 2.53. The zero-order valence-electron chi connectivity index (χ0n) is 12.6. The Morgan fingerprint density at radius 2 is 1.86 bits per heavy atom. The van der Waals surface area contributed by atoms with Gasteiger partial charge in [0.15, 0.2) is 0 Å². The van der Waals surface area contributed by atoms with Crippen LogP contribution in [0.15, 0.2) is 23.1 Å². The maximum atomic E-state index is 12.5. The van der Waals surface area contributed by atoms with Crippen molar-refractivity contribution in [3.8, 4) is 11.5 Å². The van der Waals surface area contributed by atoms with Crippen molar-refractivity contribution in [1.82, 2.24) is 4.72 Å². The van der Waals surface area contributed by atoms with Crippen molar-refractivity contribution in [2.24, 2.45) is 5.92 Å². The molecule has 118 valence electrons. The Hall–Kier alpha value is -1.27. The minimum atomic E-state index is -3.59. The summed E-state index contributed by atoms with van der Waals surface area (Å²) in [6.07, 6.45) is 5.83. The summed E-state index contributed by atoms with van der Waals surface area (Å²) in [6.45, 7) is 0.489. The van der Waals surface area contributed by atoms with Crippen LogP contribution in [0.1, 0.15) is 32.1 Å². The van der Waals surface area contributed by atoms with Crippen LogP contribution in [0.3, 0.4) is 0 Å². The van der Waals surface area contributed by atoms with E-state index in [9.17, 15) is 8.42 Å². The van der Waals surface area contributed by atoms with Crippen LogP contribution in [0, 0.1) is 5.92 Å². The molecular weight excluding hydrogens is 290 g/mol. The SMILES string of the molecule is COc1ccc(OC)c(S(=O)(=O)NCC2CCCCC2)c1. The first-order chi connectivity index (χ1) is 10.1. The second kappa shape index (κ2) is 7.13. The van der Waals surface area contributed by atoms with E-state index in [1.54, 1.807) is 12.1 Å². The van der Waals surface area contributed by atoms with Gasteiger partial charge in [0, 0.05) is 12.6 Å². The highest BCUT2D eigenvalue weighted by Gasteiger charge is 2.22. The third-order valence-corrected chi connectivity index (χ3v) is 5.39. The van der Waals surface area contributed by atoms with E-state index in [0.717, 1.165) is 12.8 Å². The number of nitrogens with one attached hydrogen (secondary N) is 1. The standard InChI is InChI=1S/C15H23NO4S/c1-19-13-8-9-14(20-2)15(10-13)21(17,18)16-11-12-6-4-3-5-7-12/h8-10,12,16H,3-7,11H2,1-2H3. The number of methoxy groups -OCH3 is 2. The van der Waals surface area contributed by atoms with Gasteiger partial charge >= 0.3 is 0 Å². The van der Waals surface area contributed by atoms with E-state index in [-0.39, 0.29) is 4.90 Å². The fourth-order valence-corrected chi connectivity index (χ4v) is 3.99. The average molecular weight is 313 g/mol. The normalized spacial score (nSPS) is 16.7. The molecule has 1 aliphatic rings. The molecule has 0 unspecified atom stereocenters. The summed E-state index contributed by atoms with van der Waals surface area (Å²) >= 11 is 0. The maximum Gasteiger partial charge on any atom is 0.244 e. The molecule has 0 heterocycles. The Bertz CT molecular complexity index is 565. The van der Waals surface area contributed by atoms with Gasteiger partial charge in [-0.25, -0.2) is 13.1 Å². The van der Waals surface area contributed by atoms with Gasteiger partial charge in [0.2, 0.25) is 10.0 Å². The lowest BCUT2D eigenvalue weighted by molar-refractivity contribution is 0.356. The number of hydrogen-bond acceptors (Lipinski definition) is 4. The van der Waals surface area contributed by atoms with Gasteiger partial charge in [0.25, 0.3) is 0 Å². The molecule has 1 aromatic carbocycles. The fraction of sp³-hybridized carbons (Fsp3) is 0.600. The number of sulfonamides is 1. The van der Waals surface area contributed by atoms with Gasteiger partial charge in [-0.2, -0.15) is 0 Å². The lowest BCUT2D eigenvalue weighted by Crippen LogP contribution is -2.30. The van der Waals surface area contributed by atoms with Gasteiger partial charge in [-0.1, -0.05) is 19.3 Å². The quantitative estimate of drug-likeness (QED) is 0.876. The lowest BCUT2D eigenvalue weighted by Gasteiger charge is -2.22. The molecule has 0 saturated heterocycles. The predicted molar refractivity (Wildman–Crippen MR) is 81.3 cm³/mol. The summed E-state index contributed by atoms with van der Waals surface area (Å²) in [7, 11) is -0.622. The van der Waals surface area contributed by atoms with Crippen LogP contribution in [0.25, 0.3) is 0 Å². The summed E-state index contributed by atoms with van der Waals surface area (Å²) in [6, 6.07) is 4.77. The van der Waals surface area contributed by atoms with Crippen molar-refractivity contribution < 1.29 is 17.9 Å². The van der Waals surface area contributed by atoms with Gasteiger partial charge in [0.1, 0.15) is 16.4 Å². The molecule has 0 amide bonds. The third-order valence-electron chi connectivity index (χ3n) is 3.95. The minimum Gasteiger partial charge on any atom is -0.497 e. The number of ether oxygens (including phenoxy) is 2. The first-order valence-corrected chi connectivity index (χ1v) is 8.77. The van der Waals surface area contributed by atoms with Crippen LogP contribution < -0.4 is 14.2 Å².